The second-order valence-corrected chi connectivity index (χ2v) is 4.38. The fourth-order valence-electron chi connectivity index (χ4n) is 1.82. The van der Waals surface area contributed by atoms with Gasteiger partial charge in [0.05, 0.1) is 6.54 Å². The summed E-state index contributed by atoms with van der Waals surface area (Å²) in [7, 11) is 0. The number of nitrogen functional groups attached to an aromatic ring is 1. The van der Waals surface area contributed by atoms with Crippen LogP contribution in [-0.2, 0) is 4.79 Å². The summed E-state index contributed by atoms with van der Waals surface area (Å²) in [5, 5.41) is 0. The van der Waals surface area contributed by atoms with Crippen molar-refractivity contribution in [1.82, 2.24) is 4.90 Å². The summed E-state index contributed by atoms with van der Waals surface area (Å²) < 4.78 is 0. The molecule has 0 fully saturated rings. The summed E-state index contributed by atoms with van der Waals surface area (Å²) in [4.78, 5) is 13.7. The molecule has 1 amide bonds. The van der Waals surface area contributed by atoms with Crippen molar-refractivity contribution in [3.63, 3.8) is 0 Å². The second-order valence-electron chi connectivity index (χ2n) is 4.38. The molecule has 0 aliphatic carbocycles. The number of benzene rings is 1. The van der Waals surface area contributed by atoms with Crippen LogP contribution in [0.4, 0.5) is 5.69 Å². The Morgan fingerprint density at radius 3 is 2.56 bits per heavy atom. The first-order valence-corrected chi connectivity index (χ1v) is 6.15. The quantitative estimate of drug-likeness (QED) is 0.638. The highest BCUT2D eigenvalue weighted by Crippen LogP contribution is 2.20. The van der Waals surface area contributed by atoms with Crippen molar-refractivity contribution in [1.29, 1.82) is 0 Å². The number of amides is 1. The summed E-state index contributed by atoms with van der Waals surface area (Å²) in [6.45, 7) is 5.00. The van der Waals surface area contributed by atoms with Crippen LogP contribution in [0.2, 0.25) is 0 Å². The molecule has 1 atom stereocenters. The molecule has 0 saturated heterocycles. The molecule has 96 valence electrons. The number of hydrogen-bond acceptors (Lipinski definition) is 2. The van der Waals surface area contributed by atoms with Crippen LogP contribution in [0.1, 0.15) is 31.7 Å². The van der Waals surface area contributed by atoms with Crippen molar-refractivity contribution >= 4 is 11.6 Å². The molecule has 2 N–H and O–H groups in total. The van der Waals surface area contributed by atoms with E-state index in [0.29, 0.717) is 19.5 Å². The SMILES string of the molecule is C#CCN(CC)C(=O)CC(C)c1ccc(N)cc1. The van der Waals surface area contributed by atoms with Gasteiger partial charge in [0, 0.05) is 18.7 Å². The van der Waals surface area contributed by atoms with Gasteiger partial charge < -0.3 is 10.6 Å². The van der Waals surface area contributed by atoms with Gasteiger partial charge in [0.2, 0.25) is 5.91 Å². The zero-order valence-corrected chi connectivity index (χ0v) is 11.0. The van der Waals surface area contributed by atoms with Gasteiger partial charge in [-0.1, -0.05) is 25.0 Å². The zero-order chi connectivity index (χ0) is 13.5. The van der Waals surface area contributed by atoms with Crippen molar-refractivity contribution in [2.45, 2.75) is 26.2 Å². The summed E-state index contributed by atoms with van der Waals surface area (Å²) in [6.07, 6.45) is 5.72. The Bertz CT molecular complexity index is 431. The fourth-order valence-corrected chi connectivity index (χ4v) is 1.82. The minimum absolute atomic E-state index is 0.0970. The van der Waals surface area contributed by atoms with Crippen molar-refractivity contribution < 1.29 is 4.79 Å². The highest BCUT2D eigenvalue weighted by Gasteiger charge is 2.15. The molecular formula is C15H20N2O. The first-order chi connectivity index (χ1) is 8.58. The first-order valence-electron chi connectivity index (χ1n) is 6.15. The summed E-state index contributed by atoms with van der Waals surface area (Å²) in [5.41, 5.74) is 7.50. The molecule has 0 heterocycles. The Hall–Kier alpha value is -1.95. The summed E-state index contributed by atoms with van der Waals surface area (Å²) in [6, 6.07) is 7.64. The van der Waals surface area contributed by atoms with Crippen molar-refractivity contribution in [2.24, 2.45) is 0 Å². The molecule has 1 unspecified atom stereocenters. The van der Waals surface area contributed by atoms with Gasteiger partial charge in [-0.15, -0.1) is 6.42 Å². The first kappa shape index (κ1) is 14.1. The molecule has 0 aliphatic rings. The predicted molar refractivity (Wildman–Crippen MR) is 75.0 cm³/mol. The van der Waals surface area contributed by atoms with E-state index < -0.39 is 0 Å². The number of carbonyl (C=O) groups is 1. The third kappa shape index (κ3) is 3.81. The average Bonchev–Trinajstić information content (AvgIpc) is 2.36. The second kappa shape index (κ2) is 6.70. The maximum absolute atomic E-state index is 12.0. The van der Waals surface area contributed by atoms with Gasteiger partial charge in [0.1, 0.15) is 0 Å². The monoisotopic (exact) mass is 244 g/mol. The van der Waals surface area contributed by atoms with E-state index in [9.17, 15) is 4.79 Å². The van der Waals surface area contributed by atoms with E-state index in [1.165, 1.54) is 0 Å². The van der Waals surface area contributed by atoms with Gasteiger partial charge >= 0.3 is 0 Å². The van der Waals surface area contributed by atoms with E-state index in [0.717, 1.165) is 11.3 Å². The maximum Gasteiger partial charge on any atom is 0.223 e. The normalized spacial score (nSPS) is 11.6. The predicted octanol–water partition coefficient (Wildman–Crippen LogP) is 2.24. The van der Waals surface area contributed by atoms with Gasteiger partial charge in [-0.3, -0.25) is 4.79 Å². The van der Waals surface area contributed by atoms with E-state index in [2.05, 4.69) is 5.92 Å². The van der Waals surface area contributed by atoms with Crippen LogP contribution in [0.25, 0.3) is 0 Å². The van der Waals surface area contributed by atoms with Crippen molar-refractivity contribution in [3.8, 4) is 12.3 Å². The lowest BCUT2D eigenvalue weighted by Crippen LogP contribution is -2.31. The van der Waals surface area contributed by atoms with Crippen LogP contribution >= 0.6 is 0 Å². The Morgan fingerprint density at radius 2 is 2.06 bits per heavy atom. The van der Waals surface area contributed by atoms with Crippen LogP contribution in [0.15, 0.2) is 24.3 Å². The molecule has 1 rings (SSSR count). The van der Waals surface area contributed by atoms with Crippen molar-refractivity contribution in [2.75, 3.05) is 18.8 Å². The molecule has 1 aromatic carbocycles. The van der Waals surface area contributed by atoms with Gasteiger partial charge in [-0.2, -0.15) is 0 Å². The van der Waals surface area contributed by atoms with E-state index in [1.807, 2.05) is 38.1 Å². The van der Waals surface area contributed by atoms with E-state index >= 15 is 0 Å². The van der Waals surface area contributed by atoms with Crippen LogP contribution < -0.4 is 5.73 Å². The summed E-state index contributed by atoms with van der Waals surface area (Å²) >= 11 is 0. The average molecular weight is 244 g/mol. The molecule has 0 radical (unpaired) electrons. The largest absolute Gasteiger partial charge is 0.399 e. The highest BCUT2D eigenvalue weighted by molar-refractivity contribution is 5.77. The number of hydrogen-bond donors (Lipinski definition) is 1. The Labute approximate surface area is 109 Å². The topological polar surface area (TPSA) is 46.3 Å². The molecule has 0 aromatic heterocycles. The zero-order valence-electron chi connectivity index (χ0n) is 11.0. The number of anilines is 1. The minimum Gasteiger partial charge on any atom is -0.399 e. The van der Waals surface area contributed by atoms with E-state index in [-0.39, 0.29) is 11.8 Å². The molecule has 0 spiro atoms. The fraction of sp³-hybridized carbons (Fsp3) is 0.400. The number of carbonyl (C=O) groups excluding carboxylic acids is 1. The van der Waals surface area contributed by atoms with E-state index in [1.54, 1.807) is 4.90 Å². The Balaban J connectivity index is 2.64. The third-order valence-electron chi connectivity index (χ3n) is 3.00. The van der Waals surface area contributed by atoms with Crippen LogP contribution in [0.3, 0.4) is 0 Å². The number of terminal acetylenes is 1. The highest BCUT2D eigenvalue weighted by atomic mass is 16.2. The maximum atomic E-state index is 12.0. The standard InChI is InChI=1S/C15H20N2O/c1-4-10-17(5-2)15(18)11-12(3)13-6-8-14(16)9-7-13/h1,6-9,12H,5,10-11,16H2,2-3H3. The molecule has 0 bridgehead atoms. The third-order valence-corrected chi connectivity index (χ3v) is 3.00. The molecule has 3 heteroatoms. The van der Waals surface area contributed by atoms with Crippen molar-refractivity contribution in [3.05, 3.63) is 29.8 Å². The molecule has 1 aromatic rings. The lowest BCUT2D eigenvalue weighted by Gasteiger charge is -2.20. The molecule has 18 heavy (non-hydrogen) atoms. The molecule has 0 saturated carbocycles. The van der Waals surface area contributed by atoms with Crippen LogP contribution in [-0.4, -0.2) is 23.9 Å². The van der Waals surface area contributed by atoms with Gasteiger partial charge in [0.15, 0.2) is 0 Å². The number of nitrogens with two attached hydrogens (primary N) is 1. The van der Waals surface area contributed by atoms with E-state index in [4.69, 9.17) is 12.2 Å². The lowest BCUT2D eigenvalue weighted by atomic mass is 9.97. The minimum atomic E-state index is 0.0970. The Kier molecular flexibility index (Phi) is 5.26. The van der Waals surface area contributed by atoms with Gasteiger partial charge in [-0.25, -0.2) is 0 Å². The smallest absolute Gasteiger partial charge is 0.223 e. The summed E-state index contributed by atoms with van der Waals surface area (Å²) in [5.74, 6) is 2.78. The lowest BCUT2D eigenvalue weighted by molar-refractivity contribution is -0.130. The molecule has 3 nitrogen and oxygen atoms in total. The van der Waals surface area contributed by atoms with Gasteiger partial charge in [0.25, 0.3) is 0 Å². The Morgan fingerprint density at radius 1 is 1.44 bits per heavy atom. The number of nitrogens with zero attached hydrogens (tertiary/aromatic N) is 1. The molecule has 0 aliphatic heterocycles. The van der Waals surface area contributed by atoms with Crippen LogP contribution in [0.5, 0.6) is 0 Å². The van der Waals surface area contributed by atoms with Gasteiger partial charge in [-0.05, 0) is 30.5 Å². The molecular weight excluding hydrogens is 224 g/mol. The van der Waals surface area contributed by atoms with Crippen LogP contribution in [0, 0.1) is 12.3 Å². The number of rotatable bonds is 5.